The van der Waals surface area contributed by atoms with Crippen LogP contribution in [0, 0.1) is 0 Å². The molecule has 1 N–H and O–H groups in total. The molecule has 1 aliphatic rings. The van der Waals surface area contributed by atoms with Crippen molar-refractivity contribution in [1.82, 2.24) is 9.78 Å². The molecule has 0 fully saturated rings. The number of aliphatic hydroxyl groups is 1. The molecular weight excluding hydrogens is 321 g/mol. The SMILES string of the molecule is O[C@H]1c2c(C(F)(F)F)nn(CCCC(F)(F)F)c2CCC1F. The number of alkyl halides is 7. The second-order valence-electron chi connectivity index (χ2n) is 5.15. The van der Waals surface area contributed by atoms with Crippen molar-refractivity contribution in [2.75, 3.05) is 0 Å². The summed E-state index contributed by atoms with van der Waals surface area (Å²) >= 11 is 0. The van der Waals surface area contributed by atoms with Crippen molar-refractivity contribution < 1.29 is 35.8 Å². The first-order valence-corrected chi connectivity index (χ1v) is 6.56. The molecule has 0 saturated carbocycles. The summed E-state index contributed by atoms with van der Waals surface area (Å²) < 4.78 is 89.3. The highest BCUT2D eigenvalue weighted by atomic mass is 19.4. The molecule has 1 aliphatic carbocycles. The van der Waals surface area contributed by atoms with E-state index in [-0.39, 0.29) is 25.1 Å². The Kier molecular flexibility index (Phi) is 4.42. The van der Waals surface area contributed by atoms with E-state index in [2.05, 4.69) is 5.10 Å². The lowest BCUT2D eigenvalue weighted by atomic mass is 9.91. The molecule has 1 unspecified atom stereocenters. The molecule has 1 aromatic heterocycles. The van der Waals surface area contributed by atoms with Crippen molar-refractivity contribution in [3.05, 3.63) is 17.0 Å². The van der Waals surface area contributed by atoms with Gasteiger partial charge < -0.3 is 5.11 Å². The Labute approximate surface area is 120 Å². The average molecular weight is 334 g/mol. The molecule has 0 aromatic carbocycles. The summed E-state index contributed by atoms with van der Waals surface area (Å²) in [6.45, 7) is -0.373. The van der Waals surface area contributed by atoms with Gasteiger partial charge in [0.15, 0.2) is 5.69 Å². The van der Waals surface area contributed by atoms with E-state index < -0.39 is 48.7 Å². The molecule has 0 saturated heterocycles. The van der Waals surface area contributed by atoms with Gasteiger partial charge in [0, 0.05) is 24.2 Å². The van der Waals surface area contributed by atoms with Crippen molar-refractivity contribution >= 4 is 0 Å². The molecule has 0 bridgehead atoms. The van der Waals surface area contributed by atoms with Crippen LogP contribution in [0.3, 0.4) is 0 Å². The Bertz CT molecular complexity index is 535. The molecule has 0 spiro atoms. The number of hydrogen-bond acceptors (Lipinski definition) is 2. The predicted molar refractivity (Wildman–Crippen MR) is 60.7 cm³/mol. The number of nitrogens with zero attached hydrogens (tertiary/aromatic N) is 2. The average Bonchev–Trinajstić information content (AvgIpc) is 2.72. The Balaban J connectivity index is 2.30. The molecule has 0 radical (unpaired) electrons. The third-order valence-corrected chi connectivity index (χ3v) is 3.49. The summed E-state index contributed by atoms with van der Waals surface area (Å²) in [7, 11) is 0. The van der Waals surface area contributed by atoms with Crippen LogP contribution in [-0.4, -0.2) is 27.2 Å². The molecule has 2 rings (SSSR count). The third-order valence-electron chi connectivity index (χ3n) is 3.49. The lowest BCUT2D eigenvalue weighted by Gasteiger charge is -2.23. The topological polar surface area (TPSA) is 38.1 Å². The normalized spacial score (nSPS) is 22.7. The van der Waals surface area contributed by atoms with Gasteiger partial charge in [-0.15, -0.1) is 0 Å². The van der Waals surface area contributed by atoms with Crippen LogP contribution in [0.4, 0.5) is 30.7 Å². The maximum Gasteiger partial charge on any atom is 0.435 e. The highest BCUT2D eigenvalue weighted by Crippen LogP contribution is 2.41. The molecular formula is C12H13F7N2O. The summed E-state index contributed by atoms with van der Waals surface area (Å²) in [4.78, 5) is 0. The summed E-state index contributed by atoms with van der Waals surface area (Å²) in [5.41, 5.74) is -2.13. The second-order valence-corrected chi connectivity index (χ2v) is 5.15. The van der Waals surface area contributed by atoms with Crippen molar-refractivity contribution in [1.29, 1.82) is 0 Å². The van der Waals surface area contributed by atoms with E-state index >= 15 is 0 Å². The molecule has 1 aromatic rings. The fourth-order valence-electron chi connectivity index (χ4n) is 2.52. The zero-order valence-electron chi connectivity index (χ0n) is 11.2. The smallest absolute Gasteiger partial charge is 0.385 e. The minimum Gasteiger partial charge on any atom is -0.385 e. The fourth-order valence-corrected chi connectivity index (χ4v) is 2.52. The van der Waals surface area contributed by atoms with Gasteiger partial charge in [0.25, 0.3) is 0 Å². The van der Waals surface area contributed by atoms with E-state index in [0.717, 1.165) is 4.68 Å². The summed E-state index contributed by atoms with van der Waals surface area (Å²) in [5.74, 6) is 0. The van der Waals surface area contributed by atoms with E-state index in [0.29, 0.717) is 0 Å². The van der Waals surface area contributed by atoms with Gasteiger partial charge in [-0.1, -0.05) is 0 Å². The van der Waals surface area contributed by atoms with Crippen molar-refractivity contribution in [2.45, 2.75) is 56.9 Å². The number of fused-ring (bicyclic) bond motifs is 1. The van der Waals surface area contributed by atoms with Gasteiger partial charge in [0.2, 0.25) is 0 Å². The van der Waals surface area contributed by atoms with Crippen LogP contribution < -0.4 is 0 Å². The van der Waals surface area contributed by atoms with E-state index in [4.69, 9.17) is 0 Å². The van der Waals surface area contributed by atoms with Gasteiger partial charge >= 0.3 is 12.4 Å². The van der Waals surface area contributed by atoms with Gasteiger partial charge in [0.1, 0.15) is 12.3 Å². The lowest BCUT2D eigenvalue weighted by Crippen LogP contribution is -2.24. The number of halogens is 7. The van der Waals surface area contributed by atoms with Crippen LogP contribution in [0.5, 0.6) is 0 Å². The molecule has 2 atom stereocenters. The molecule has 22 heavy (non-hydrogen) atoms. The minimum atomic E-state index is -4.91. The van der Waals surface area contributed by atoms with Gasteiger partial charge in [0.05, 0.1) is 0 Å². The van der Waals surface area contributed by atoms with E-state index in [9.17, 15) is 35.8 Å². The van der Waals surface area contributed by atoms with Crippen LogP contribution in [0.2, 0.25) is 0 Å². The first kappa shape index (κ1) is 17.0. The molecule has 0 aliphatic heterocycles. The van der Waals surface area contributed by atoms with E-state index in [1.165, 1.54) is 0 Å². The minimum absolute atomic E-state index is 0.0455. The van der Waals surface area contributed by atoms with Crippen LogP contribution >= 0.6 is 0 Å². The van der Waals surface area contributed by atoms with Gasteiger partial charge in [-0.2, -0.15) is 31.4 Å². The van der Waals surface area contributed by atoms with Crippen LogP contribution in [-0.2, 0) is 19.1 Å². The number of hydrogen-bond donors (Lipinski definition) is 1. The highest BCUT2D eigenvalue weighted by Gasteiger charge is 2.44. The Morgan fingerprint density at radius 3 is 2.36 bits per heavy atom. The quantitative estimate of drug-likeness (QED) is 0.859. The molecule has 3 nitrogen and oxygen atoms in total. The second kappa shape index (κ2) is 5.71. The largest absolute Gasteiger partial charge is 0.435 e. The number of rotatable bonds is 3. The first-order valence-electron chi connectivity index (χ1n) is 6.56. The van der Waals surface area contributed by atoms with Crippen LogP contribution in [0.1, 0.15) is 42.3 Å². The summed E-state index contributed by atoms with van der Waals surface area (Å²) in [6.07, 6.45) is -15.0. The monoisotopic (exact) mass is 334 g/mol. The molecule has 10 heteroatoms. The third kappa shape index (κ3) is 3.53. The Morgan fingerprint density at radius 1 is 1.18 bits per heavy atom. The summed E-state index contributed by atoms with van der Waals surface area (Å²) in [5, 5.41) is 12.9. The van der Waals surface area contributed by atoms with E-state index in [1.807, 2.05) is 0 Å². The molecule has 0 amide bonds. The number of aliphatic hydroxyl groups excluding tert-OH is 1. The molecule has 1 heterocycles. The molecule has 126 valence electrons. The number of aryl methyl sites for hydroxylation is 1. The Hall–Kier alpha value is -1.32. The fraction of sp³-hybridized carbons (Fsp3) is 0.750. The maximum absolute atomic E-state index is 13.4. The lowest BCUT2D eigenvalue weighted by molar-refractivity contribution is -0.144. The van der Waals surface area contributed by atoms with Crippen LogP contribution in [0.25, 0.3) is 0 Å². The van der Waals surface area contributed by atoms with Gasteiger partial charge in [-0.25, -0.2) is 4.39 Å². The summed E-state index contributed by atoms with van der Waals surface area (Å²) in [6, 6.07) is 0. The highest BCUT2D eigenvalue weighted by molar-refractivity contribution is 5.34. The predicted octanol–water partition coefficient (Wildman–Crippen LogP) is 3.56. The van der Waals surface area contributed by atoms with Crippen molar-refractivity contribution in [3.8, 4) is 0 Å². The van der Waals surface area contributed by atoms with Crippen LogP contribution in [0.15, 0.2) is 0 Å². The van der Waals surface area contributed by atoms with Crippen molar-refractivity contribution in [3.63, 3.8) is 0 Å². The number of aromatic nitrogens is 2. The zero-order chi connectivity index (χ0) is 16.7. The zero-order valence-corrected chi connectivity index (χ0v) is 11.2. The standard InChI is InChI=1S/C12H13F7N2O/c13-6-2-3-7-8(9(6)22)10(12(17,18)19)20-21(7)5-1-4-11(14,15)16/h6,9,22H,1-5H2/t6?,9-/m1/s1. The van der Waals surface area contributed by atoms with E-state index in [1.54, 1.807) is 0 Å². The maximum atomic E-state index is 13.4. The van der Waals surface area contributed by atoms with Crippen molar-refractivity contribution in [2.24, 2.45) is 0 Å². The first-order chi connectivity index (χ1) is 10.0. The van der Waals surface area contributed by atoms with Gasteiger partial charge in [-0.3, -0.25) is 4.68 Å². The van der Waals surface area contributed by atoms with Gasteiger partial charge in [-0.05, 0) is 19.3 Å². The Morgan fingerprint density at radius 2 is 1.82 bits per heavy atom.